The van der Waals surface area contributed by atoms with Gasteiger partial charge in [0, 0.05) is 18.1 Å². The van der Waals surface area contributed by atoms with Gasteiger partial charge in [-0.3, -0.25) is 9.59 Å². The van der Waals surface area contributed by atoms with Crippen molar-refractivity contribution < 1.29 is 19.4 Å². The third-order valence-corrected chi connectivity index (χ3v) is 3.75. The molecule has 1 aliphatic heterocycles. The van der Waals surface area contributed by atoms with Gasteiger partial charge in [0.25, 0.3) is 5.91 Å². The number of halogens is 1. The second kappa shape index (κ2) is 6.80. The molecule has 1 fully saturated rings. The fourth-order valence-corrected chi connectivity index (χ4v) is 2.64. The number of hydrogen-bond donors (Lipinski definition) is 1. The average Bonchev–Trinajstić information content (AvgIpc) is 2.47. The Kier molecular flexibility index (Phi) is 5.07. The van der Waals surface area contributed by atoms with Crippen LogP contribution in [0.1, 0.15) is 30.1 Å². The minimum absolute atomic E-state index is 0.147. The van der Waals surface area contributed by atoms with E-state index in [4.69, 9.17) is 16.3 Å². The van der Waals surface area contributed by atoms with E-state index in [0.717, 1.165) is 12.8 Å². The molecular weight excluding hydrogens is 294 g/mol. The number of benzene rings is 1. The largest absolute Gasteiger partial charge is 0.507 e. The van der Waals surface area contributed by atoms with E-state index in [1.165, 1.54) is 12.1 Å². The number of amides is 1. The van der Waals surface area contributed by atoms with Crippen LogP contribution in [0.2, 0.25) is 5.02 Å². The predicted octanol–water partition coefficient (Wildman–Crippen LogP) is 2.46. The Bertz CT molecular complexity index is 546. The number of nitrogens with zero attached hydrogens (tertiary/aromatic N) is 1. The maximum Gasteiger partial charge on any atom is 0.310 e. The molecule has 6 heteroatoms. The Hall–Kier alpha value is -1.75. The summed E-state index contributed by atoms with van der Waals surface area (Å²) in [5.74, 6) is -1.00. The van der Waals surface area contributed by atoms with E-state index in [1.807, 2.05) is 0 Å². The molecule has 1 aromatic rings. The zero-order chi connectivity index (χ0) is 15.4. The normalized spacial score (nSPS) is 18.4. The van der Waals surface area contributed by atoms with Gasteiger partial charge in [0.15, 0.2) is 0 Å². The summed E-state index contributed by atoms with van der Waals surface area (Å²) in [6.45, 7) is 2.98. The zero-order valence-corrected chi connectivity index (χ0v) is 12.6. The second-order valence-electron chi connectivity index (χ2n) is 5.00. The number of phenols is 1. The number of carbonyl (C=O) groups is 2. The van der Waals surface area contributed by atoms with E-state index >= 15 is 0 Å². The lowest BCUT2D eigenvalue weighted by atomic mass is 9.97. The lowest BCUT2D eigenvalue weighted by Gasteiger charge is -2.31. The number of ether oxygens (including phenoxy) is 1. The van der Waals surface area contributed by atoms with Gasteiger partial charge in [-0.15, -0.1) is 0 Å². The van der Waals surface area contributed by atoms with E-state index in [9.17, 15) is 14.7 Å². The summed E-state index contributed by atoms with van der Waals surface area (Å²) in [6.07, 6.45) is 1.46. The molecule has 1 saturated heterocycles. The summed E-state index contributed by atoms with van der Waals surface area (Å²) in [7, 11) is 0. The van der Waals surface area contributed by atoms with Crippen LogP contribution < -0.4 is 0 Å². The molecule has 0 spiro atoms. The second-order valence-corrected chi connectivity index (χ2v) is 5.44. The number of rotatable bonds is 3. The minimum Gasteiger partial charge on any atom is -0.507 e. The molecule has 1 atom stereocenters. The minimum atomic E-state index is -0.294. The molecule has 1 unspecified atom stereocenters. The van der Waals surface area contributed by atoms with Gasteiger partial charge in [0.2, 0.25) is 0 Å². The number of esters is 1. The predicted molar refractivity (Wildman–Crippen MR) is 78.4 cm³/mol. The van der Waals surface area contributed by atoms with Crippen molar-refractivity contribution in [3.63, 3.8) is 0 Å². The van der Waals surface area contributed by atoms with Crippen molar-refractivity contribution in [2.45, 2.75) is 19.8 Å². The molecule has 1 N–H and O–H groups in total. The molecule has 0 bridgehead atoms. The van der Waals surface area contributed by atoms with E-state index in [-0.39, 0.29) is 29.1 Å². The first-order valence-corrected chi connectivity index (χ1v) is 7.35. The summed E-state index contributed by atoms with van der Waals surface area (Å²) in [5, 5.41) is 10.2. The fourth-order valence-electron chi connectivity index (χ4n) is 2.47. The first-order valence-electron chi connectivity index (χ1n) is 6.97. The lowest BCUT2D eigenvalue weighted by molar-refractivity contribution is -0.149. The summed E-state index contributed by atoms with van der Waals surface area (Å²) >= 11 is 5.76. The van der Waals surface area contributed by atoms with Gasteiger partial charge in [-0.2, -0.15) is 0 Å². The molecular formula is C15H18ClNO4. The van der Waals surface area contributed by atoms with Gasteiger partial charge in [0.1, 0.15) is 5.75 Å². The molecule has 5 nitrogen and oxygen atoms in total. The van der Waals surface area contributed by atoms with Crippen molar-refractivity contribution >= 4 is 23.5 Å². The maximum absolute atomic E-state index is 12.4. The zero-order valence-electron chi connectivity index (χ0n) is 11.8. The Labute approximate surface area is 128 Å². The highest BCUT2D eigenvalue weighted by Gasteiger charge is 2.30. The van der Waals surface area contributed by atoms with Crippen LogP contribution in [0.3, 0.4) is 0 Å². The summed E-state index contributed by atoms with van der Waals surface area (Å²) in [4.78, 5) is 25.8. The van der Waals surface area contributed by atoms with Crippen LogP contribution in [0.15, 0.2) is 18.2 Å². The molecule has 0 aliphatic carbocycles. The van der Waals surface area contributed by atoms with Crippen molar-refractivity contribution in [2.75, 3.05) is 19.7 Å². The molecule has 0 saturated carbocycles. The number of piperidine rings is 1. The first-order chi connectivity index (χ1) is 10.0. The van der Waals surface area contributed by atoms with Gasteiger partial charge in [0.05, 0.1) is 18.1 Å². The van der Waals surface area contributed by atoms with E-state index in [0.29, 0.717) is 24.7 Å². The summed E-state index contributed by atoms with van der Waals surface area (Å²) in [5.41, 5.74) is 0.198. The number of phenolic OH excluding ortho intramolecular Hbond substituents is 1. The van der Waals surface area contributed by atoms with Crippen LogP contribution in [-0.4, -0.2) is 41.6 Å². The van der Waals surface area contributed by atoms with Crippen LogP contribution in [0.4, 0.5) is 0 Å². The average molecular weight is 312 g/mol. The van der Waals surface area contributed by atoms with Crippen molar-refractivity contribution in [1.29, 1.82) is 0 Å². The van der Waals surface area contributed by atoms with Crippen LogP contribution in [0.25, 0.3) is 0 Å². The highest BCUT2D eigenvalue weighted by atomic mass is 35.5. The topological polar surface area (TPSA) is 66.8 Å². The maximum atomic E-state index is 12.4. The molecule has 21 heavy (non-hydrogen) atoms. The molecule has 0 aromatic heterocycles. The molecule has 114 valence electrons. The van der Waals surface area contributed by atoms with Crippen molar-refractivity contribution in [3.05, 3.63) is 28.8 Å². The van der Waals surface area contributed by atoms with Gasteiger partial charge in [-0.1, -0.05) is 11.6 Å². The molecule has 1 amide bonds. The van der Waals surface area contributed by atoms with Gasteiger partial charge < -0.3 is 14.7 Å². The third kappa shape index (κ3) is 3.67. The van der Waals surface area contributed by atoms with Gasteiger partial charge in [-0.25, -0.2) is 0 Å². The van der Waals surface area contributed by atoms with Crippen LogP contribution >= 0.6 is 11.6 Å². The Morgan fingerprint density at radius 1 is 1.48 bits per heavy atom. The van der Waals surface area contributed by atoms with Gasteiger partial charge >= 0.3 is 5.97 Å². The fraction of sp³-hybridized carbons (Fsp3) is 0.467. The van der Waals surface area contributed by atoms with Crippen molar-refractivity contribution in [3.8, 4) is 5.75 Å². The SMILES string of the molecule is CCOC(=O)C1CCCN(C(=O)c2ccc(Cl)cc2O)C1. The standard InChI is InChI=1S/C15H18ClNO4/c1-2-21-15(20)10-4-3-7-17(9-10)14(19)12-6-5-11(16)8-13(12)18/h5-6,8,10,18H,2-4,7,9H2,1H3. The Morgan fingerprint density at radius 2 is 2.24 bits per heavy atom. The van der Waals surface area contributed by atoms with Crippen molar-refractivity contribution in [1.82, 2.24) is 4.90 Å². The molecule has 0 radical (unpaired) electrons. The number of likely N-dealkylation sites (tertiary alicyclic amines) is 1. The smallest absolute Gasteiger partial charge is 0.310 e. The van der Waals surface area contributed by atoms with Crippen LogP contribution in [-0.2, 0) is 9.53 Å². The van der Waals surface area contributed by atoms with E-state index < -0.39 is 0 Å². The quantitative estimate of drug-likeness (QED) is 0.871. The molecule has 1 aromatic carbocycles. The van der Waals surface area contributed by atoms with E-state index in [2.05, 4.69) is 0 Å². The van der Waals surface area contributed by atoms with Crippen molar-refractivity contribution in [2.24, 2.45) is 5.92 Å². The monoisotopic (exact) mass is 311 g/mol. The molecule has 1 heterocycles. The first kappa shape index (κ1) is 15.6. The van der Waals surface area contributed by atoms with Crippen LogP contribution in [0, 0.1) is 5.92 Å². The van der Waals surface area contributed by atoms with E-state index in [1.54, 1.807) is 17.9 Å². The number of carbonyl (C=O) groups excluding carboxylic acids is 2. The van der Waals surface area contributed by atoms with Gasteiger partial charge in [-0.05, 0) is 38.0 Å². The highest BCUT2D eigenvalue weighted by Crippen LogP contribution is 2.26. The Balaban J connectivity index is 2.10. The lowest BCUT2D eigenvalue weighted by Crippen LogP contribution is -2.42. The summed E-state index contributed by atoms with van der Waals surface area (Å²) in [6, 6.07) is 4.39. The number of aromatic hydroxyl groups is 1. The Morgan fingerprint density at radius 3 is 2.90 bits per heavy atom. The molecule has 1 aliphatic rings. The van der Waals surface area contributed by atoms with Crippen LogP contribution in [0.5, 0.6) is 5.75 Å². The highest BCUT2D eigenvalue weighted by molar-refractivity contribution is 6.30. The third-order valence-electron chi connectivity index (χ3n) is 3.52. The summed E-state index contributed by atoms with van der Waals surface area (Å²) < 4.78 is 5.01. The number of hydrogen-bond acceptors (Lipinski definition) is 4. The molecule has 2 rings (SSSR count).